The summed E-state index contributed by atoms with van der Waals surface area (Å²) in [4.78, 5) is 0. The third kappa shape index (κ3) is 4.09. The van der Waals surface area contributed by atoms with Crippen molar-refractivity contribution in [1.29, 1.82) is 5.26 Å². The number of nitrogens with zero attached hydrogens (tertiary/aromatic N) is 1. The van der Waals surface area contributed by atoms with E-state index in [1.54, 1.807) is 0 Å². The van der Waals surface area contributed by atoms with Crippen LogP contribution in [0.15, 0.2) is 36.0 Å². The van der Waals surface area contributed by atoms with Gasteiger partial charge in [0.1, 0.15) is 0 Å². The lowest BCUT2D eigenvalue weighted by molar-refractivity contribution is 0.472. The van der Waals surface area contributed by atoms with Gasteiger partial charge < -0.3 is 0 Å². The average Bonchev–Trinajstić information content (AvgIpc) is 2.13. The zero-order valence-electron chi connectivity index (χ0n) is 9.59. The molecular formula is C13H19N. The SMILES string of the molecule is C=C(/C=C\C(C)=C/C)C(C)(C)CC#N. The standard InChI is InChI=1S/C13H19N/c1-6-11(2)7-8-12(3)13(4,5)9-10-14/h6-8H,3,9H2,1-2,4-5H3/b8-7-,11-6-. The summed E-state index contributed by atoms with van der Waals surface area (Å²) in [7, 11) is 0. The fourth-order valence-electron chi connectivity index (χ4n) is 0.865. The number of hydrogen-bond donors (Lipinski definition) is 0. The zero-order chi connectivity index (χ0) is 11.2. The Kier molecular flexibility index (Phi) is 4.94. The van der Waals surface area contributed by atoms with Crippen LogP contribution in [0.3, 0.4) is 0 Å². The van der Waals surface area contributed by atoms with Gasteiger partial charge in [-0.3, -0.25) is 0 Å². The molecule has 0 aliphatic carbocycles. The molecule has 0 radical (unpaired) electrons. The van der Waals surface area contributed by atoms with Crippen LogP contribution in [0.2, 0.25) is 0 Å². The van der Waals surface area contributed by atoms with E-state index in [0.717, 1.165) is 5.57 Å². The maximum atomic E-state index is 8.65. The van der Waals surface area contributed by atoms with E-state index < -0.39 is 0 Å². The van der Waals surface area contributed by atoms with Crippen LogP contribution in [0, 0.1) is 16.7 Å². The summed E-state index contributed by atoms with van der Waals surface area (Å²) in [6, 6.07) is 2.18. The van der Waals surface area contributed by atoms with E-state index in [4.69, 9.17) is 5.26 Å². The first kappa shape index (κ1) is 12.7. The van der Waals surface area contributed by atoms with E-state index in [1.807, 2.05) is 45.9 Å². The molecule has 0 aromatic carbocycles. The molecule has 0 rings (SSSR count). The molecule has 0 aromatic rings. The molecule has 0 bridgehead atoms. The van der Waals surface area contributed by atoms with Crippen LogP contribution in [0.4, 0.5) is 0 Å². The van der Waals surface area contributed by atoms with Crippen molar-refractivity contribution >= 4 is 0 Å². The summed E-state index contributed by atoms with van der Waals surface area (Å²) < 4.78 is 0. The summed E-state index contributed by atoms with van der Waals surface area (Å²) >= 11 is 0. The normalized spacial score (nSPS) is 12.9. The van der Waals surface area contributed by atoms with E-state index in [9.17, 15) is 0 Å². The molecule has 0 heterocycles. The molecule has 0 N–H and O–H groups in total. The van der Waals surface area contributed by atoms with E-state index >= 15 is 0 Å². The Morgan fingerprint density at radius 1 is 1.43 bits per heavy atom. The molecule has 76 valence electrons. The van der Waals surface area contributed by atoms with Gasteiger partial charge in [-0.2, -0.15) is 5.26 Å². The van der Waals surface area contributed by atoms with Gasteiger partial charge >= 0.3 is 0 Å². The monoisotopic (exact) mass is 189 g/mol. The van der Waals surface area contributed by atoms with Crippen LogP contribution in [0.25, 0.3) is 0 Å². The molecule has 0 unspecified atom stereocenters. The van der Waals surface area contributed by atoms with Crippen LogP contribution in [-0.2, 0) is 0 Å². The van der Waals surface area contributed by atoms with Crippen LogP contribution in [0.1, 0.15) is 34.1 Å². The van der Waals surface area contributed by atoms with Gasteiger partial charge in [-0.05, 0) is 19.4 Å². The van der Waals surface area contributed by atoms with Gasteiger partial charge in [-0.15, -0.1) is 0 Å². The Morgan fingerprint density at radius 3 is 2.43 bits per heavy atom. The Bertz CT molecular complexity index is 298. The van der Waals surface area contributed by atoms with Crippen molar-refractivity contribution in [2.24, 2.45) is 5.41 Å². The molecule has 0 saturated carbocycles. The molecule has 0 aromatic heterocycles. The van der Waals surface area contributed by atoms with Gasteiger partial charge in [0.2, 0.25) is 0 Å². The summed E-state index contributed by atoms with van der Waals surface area (Å²) in [6.07, 6.45) is 6.57. The average molecular weight is 189 g/mol. The van der Waals surface area contributed by atoms with Gasteiger partial charge in [-0.1, -0.05) is 44.2 Å². The molecule has 1 heteroatoms. The van der Waals surface area contributed by atoms with Crippen LogP contribution >= 0.6 is 0 Å². The molecule has 0 fully saturated rings. The van der Waals surface area contributed by atoms with E-state index in [2.05, 4.69) is 12.6 Å². The molecular weight excluding hydrogens is 170 g/mol. The minimum absolute atomic E-state index is 0.126. The van der Waals surface area contributed by atoms with Crippen molar-refractivity contribution < 1.29 is 0 Å². The lowest BCUT2D eigenvalue weighted by Crippen LogP contribution is -2.11. The van der Waals surface area contributed by atoms with Gasteiger partial charge in [0.05, 0.1) is 6.07 Å². The zero-order valence-corrected chi connectivity index (χ0v) is 9.59. The largest absolute Gasteiger partial charge is 0.198 e. The third-order valence-electron chi connectivity index (χ3n) is 2.39. The second-order valence-electron chi connectivity index (χ2n) is 4.11. The van der Waals surface area contributed by atoms with E-state index in [-0.39, 0.29) is 5.41 Å². The highest BCUT2D eigenvalue weighted by molar-refractivity contribution is 5.29. The number of nitriles is 1. The van der Waals surface area contributed by atoms with Crippen LogP contribution in [-0.4, -0.2) is 0 Å². The van der Waals surface area contributed by atoms with Crippen molar-refractivity contribution in [3.8, 4) is 6.07 Å². The predicted molar refractivity (Wildman–Crippen MR) is 61.7 cm³/mol. The van der Waals surface area contributed by atoms with Crippen molar-refractivity contribution in [2.45, 2.75) is 34.1 Å². The van der Waals surface area contributed by atoms with Crippen molar-refractivity contribution in [3.05, 3.63) is 36.0 Å². The number of rotatable bonds is 4. The first-order valence-corrected chi connectivity index (χ1v) is 4.81. The predicted octanol–water partition coefficient (Wildman–Crippen LogP) is 4.00. The maximum Gasteiger partial charge on any atom is 0.0630 e. The smallest absolute Gasteiger partial charge is 0.0630 e. The number of hydrogen-bond acceptors (Lipinski definition) is 1. The first-order valence-electron chi connectivity index (χ1n) is 4.81. The Balaban J connectivity index is 4.51. The Hall–Kier alpha value is -1.29. The lowest BCUT2D eigenvalue weighted by Gasteiger charge is -2.21. The van der Waals surface area contributed by atoms with Crippen LogP contribution < -0.4 is 0 Å². The topological polar surface area (TPSA) is 23.8 Å². The molecule has 14 heavy (non-hydrogen) atoms. The summed E-state index contributed by atoms with van der Waals surface area (Å²) in [5.41, 5.74) is 2.08. The van der Waals surface area contributed by atoms with Gasteiger partial charge in [-0.25, -0.2) is 0 Å². The summed E-state index contributed by atoms with van der Waals surface area (Å²) in [5, 5.41) is 8.65. The van der Waals surface area contributed by atoms with Gasteiger partial charge in [0.25, 0.3) is 0 Å². The Labute approximate surface area is 87.4 Å². The van der Waals surface area contributed by atoms with Gasteiger partial charge in [0, 0.05) is 11.8 Å². The molecule has 0 spiro atoms. The van der Waals surface area contributed by atoms with E-state index in [1.165, 1.54) is 5.57 Å². The van der Waals surface area contributed by atoms with Crippen molar-refractivity contribution in [2.75, 3.05) is 0 Å². The number of allylic oxidation sites excluding steroid dienone is 5. The minimum Gasteiger partial charge on any atom is -0.198 e. The summed E-state index contributed by atoms with van der Waals surface area (Å²) in [5.74, 6) is 0. The highest BCUT2D eigenvalue weighted by Crippen LogP contribution is 2.29. The van der Waals surface area contributed by atoms with Gasteiger partial charge in [0.15, 0.2) is 0 Å². The van der Waals surface area contributed by atoms with E-state index in [0.29, 0.717) is 6.42 Å². The molecule has 0 atom stereocenters. The van der Waals surface area contributed by atoms with Crippen molar-refractivity contribution in [3.63, 3.8) is 0 Å². The fraction of sp³-hybridized carbons (Fsp3) is 0.462. The second-order valence-corrected chi connectivity index (χ2v) is 4.11. The lowest BCUT2D eigenvalue weighted by atomic mass is 9.82. The second kappa shape index (κ2) is 5.44. The highest BCUT2D eigenvalue weighted by Gasteiger charge is 2.19. The third-order valence-corrected chi connectivity index (χ3v) is 2.39. The molecule has 1 nitrogen and oxygen atoms in total. The summed E-state index contributed by atoms with van der Waals surface area (Å²) in [6.45, 7) is 12.1. The first-order chi connectivity index (χ1) is 6.44. The molecule has 0 amide bonds. The van der Waals surface area contributed by atoms with Crippen LogP contribution in [0.5, 0.6) is 0 Å². The fourth-order valence-corrected chi connectivity index (χ4v) is 0.865. The maximum absolute atomic E-state index is 8.65. The molecule has 0 saturated heterocycles. The van der Waals surface area contributed by atoms with Crippen molar-refractivity contribution in [1.82, 2.24) is 0 Å². The Morgan fingerprint density at radius 2 is 2.00 bits per heavy atom. The quantitative estimate of drug-likeness (QED) is 0.613. The molecule has 0 aliphatic rings. The highest BCUT2D eigenvalue weighted by atomic mass is 14.3. The minimum atomic E-state index is -0.126. The molecule has 0 aliphatic heterocycles.